The van der Waals surface area contributed by atoms with E-state index in [9.17, 15) is 43.2 Å². The number of aliphatic hydroxyl groups excluding tert-OH is 1. The number of esters is 4. The molecule has 0 aliphatic rings. The van der Waals surface area contributed by atoms with E-state index >= 15 is 0 Å². The molecule has 0 aromatic carbocycles. The van der Waals surface area contributed by atoms with Crippen LogP contribution in [0.3, 0.4) is 0 Å². The second kappa shape index (κ2) is 57.2. The summed E-state index contributed by atoms with van der Waals surface area (Å²) in [5.74, 6) is 0.0908. The molecule has 0 saturated heterocycles. The molecule has 0 heterocycles. The normalized spacial score (nSPS) is 14.6. The van der Waals surface area contributed by atoms with Crippen molar-refractivity contribution in [2.45, 2.75) is 343 Å². The van der Waals surface area contributed by atoms with Crippen LogP contribution in [0.1, 0.15) is 325 Å². The van der Waals surface area contributed by atoms with Crippen LogP contribution in [-0.2, 0) is 65.4 Å². The van der Waals surface area contributed by atoms with Crippen molar-refractivity contribution in [1.29, 1.82) is 0 Å². The van der Waals surface area contributed by atoms with Gasteiger partial charge < -0.3 is 33.8 Å². The molecule has 0 saturated carbocycles. The largest absolute Gasteiger partial charge is 0.472 e. The minimum atomic E-state index is -4.95. The lowest BCUT2D eigenvalue weighted by Crippen LogP contribution is -2.30. The molecule has 3 unspecified atom stereocenters. The summed E-state index contributed by atoms with van der Waals surface area (Å²) in [6.45, 7) is 11.7. The Morgan fingerprint density at radius 1 is 0.341 bits per heavy atom. The van der Waals surface area contributed by atoms with Gasteiger partial charge in [-0.05, 0) is 43.4 Å². The van der Waals surface area contributed by atoms with Crippen molar-refractivity contribution in [3.8, 4) is 0 Å². The maximum atomic E-state index is 13.0. The van der Waals surface area contributed by atoms with Gasteiger partial charge in [0.05, 0.1) is 26.4 Å². The first-order valence-electron chi connectivity index (χ1n) is 34.4. The summed E-state index contributed by atoms with van der Waals surface area (Å²) in [5.41, 5.74) is 0. The van der Waals surface area contributed by atoms with Crippen molar-refractivity contribution in [2.75, 3.05) is 39.6 Å². The van der Waals surface area contributed by atoms with Crippen molar-refractivity contribution >= 4 is 39.5 Å². The summed E-state index contributed by atoms with van der Waals surface area (Å²) in [4.78, 5) is 72.3. The lowest BCUT2D eigenvalue weighted by molar-refractivity contribution is -0.161. The molecule has 19 heteroatoms. The number of carbonyl (C=O) groups excluding carboxylic acids is 4. The van der Waals surface area contributed by atoms with Crippen LogP contribution >= 0.6 is 15.6 Å². The highest BCUT2D eigenvalue weighted by Gasteiger charge is 2.30. The van der Waals surface area contributed by atoms with Gasteiger partial charge in [-0.3, -0.25) is 37.3 Å². The Labute approximate surface area is 517 Å². The second-order valence-electron chi connectivity index (χ2n) is 25.1. The smallest absolute Gasteiger partial charge is 0.462 e. The van der Waals surface area contributed by atoms with Gasteiger partial charge in [0.25, 0.3) is 0 Å². The molecule has 0 amide bonds. The first-order valence-corrected chi connectivity index (χ1v) is 37.4. The Kier molecular flexibility index (Phi) is 55.9. The molecule has 6 atom stereocenters. The molecule has 0 aromatic heterocycles. The van der Waals surface area contributed by atoms with E-state index in [-0.39, 0.29) is 25.7 Å². The van der Waals surface area contributed by atoms with Gasteiger partial charge in [0, 0.05) is 25.7 Å². The van der Waals surface area contributed by atoms with Crippen LogP contribution in [-0.4, -0.2) is 96.7 Å². The number of hydrogen-bond acceptors (Lipinski definition) is 15. The van der Waals surface area contributed by atoms with Crippen LogP contribution in [0.5, 0.6) is 0 Å². The summed E-state index contributed by atoms with van der Waals surface area (Å²) in [5, 5.41) is 10.5. The summed E-state index contributed by atoms with van der Waals surface area (Å²) < 4.78 is 68.1. The fraction of sp³-hybridized carbons (Fsp3) is 0.939. The van der Waals surface area contributed by atoms with Gasteiger partial charge in [-0.15, -0.1) is 0 Å². The van der Waals surface area contributed by atoms with E-state index in [1.165, 1.54) is 135 Å². The van der Waals surface area contributed by atoms with Gasteiger partial charge in [-0.25, -0.2) is 9.13 Å². The Bertz CT molecular complexity index is 1680. The Morgan fingerprint density at radius 3 is 0.894 bits per heavy atom. The average Bonchev–Trinajstić information content (AvgIpc) is 3.62. The SMILES string of the molecule is CCCCCCCCCCCCC(=O)OC[C@H](COP(=O)(O)OC[C@H](O)COP(=O)(O)OC[C@@H](COC(=O)CCCCCCCCCCC(C)CC)OC(=O)CCCCCCCCCCCCC(C)C)OC(=O)CCCCCCCCCC(C)C. The van der Waals surface area contributed by atoms with E-state index < -0.39 is 97.5 Å². The van der Waals surface area contributed by atoms with E-state index in [4.69, 9.17) is 37.0 Å². The average molecular weight is 1260 g/mol. The van der Waals surface area contributed by atoms with E-state index in [0.717, 1.165) is 102 Å². The van der Waals surface area contributed by atoms with Crippen molar-refractivity contribution in [3.63, 3.8) is 0 Å². The van der Waals surface area contributed by atoms with Crippen LogP contribution in [0.2, 0.25) is 0 Å². The summed E-state index contributed by atoms with van der Waals surface area (Å²) >= 11 is 0. The molecule has 0 rings (SSSR count). The second-order valence-corrected chi connectivity index (χ2v) is 28.0. The summed E-state index contributed by atoms with van der Waals surface area (Å²) in [7, 11) is -9.89. The molecule has 3 N–H and O–H groups in total. The van der Waals surface area contributed by atoms with Crippen molar-refractivity contribution in [3.05, 3.63) is 0 Å². The number of hydrogen-bond donors (Lipinski definition) is 3. The van der Waals surface area contributed by atoms with Gasteiger partial charge in [0.1, 0.15) is 19.3 Å². The third-order valence-corrected chi connectivity index (χ3v) is 17.4. The predicted octanol–water partition coefficient (Wildman–Crippen LogP) is 18.3. The van der Waals surface area contributed by atoms with Gasteiger partial charge in [0.2, 0.25) is 0 Å². The molecule has 0 fully saturated rings. The van der Waals surface area contributed by atoms with E-state index in [1.54, 1.807) is 0 Å². The lowest BCUT2D eigenvalue weighted by Gasteiger charge is -2.21. The number of carbonyl (C=O) groups is 4. The molecule has 0 aromatic rings. The fourth-order valence-electron chi connectivity index (χ4n) is 9.80. The van der Waals surface area contributed by atoms with Crippen molar-refractivity contribution in [1.82, 2.24) is 0 Å². The zero-order valence-electron chi connectivity index (χ0n) is 55.1. The molecule has 0 aliphatic carbocycles. The summed E-state index contributed by atoms with van der Waals surface area (Å²) in [6.07, 6.45) is 38.9. The molecule has 504 valence electrons. The van der Waals surface area contributed by atoms with Crippen LogP contribution in [0.4, 0.5) is 0 Å². The van der Waals surface area contributed by atoms with Crippen molar-refractivity contribution in [2.24, 2.45) is 17.8 Å². The molecule has 0 aliphatic heterocycles. The van der Waals surface area contributed by atoms with Gasteiger partial charge in [-0.1, -0.05) is 273 Å². The minimum Gasteiger partial charge on any atom is -0.462 e. The predicted molar refractivity (Wildman–Crippen MR) is 340 cm³/mol. The molecule has 0 spiro atoms. The highest BCUT2D eigenvalue weighted by atomic mass is 31.2. The Balaban J connectivity index is 5.26. The van der Waals surface area contributed by atoms with Crippen LogP contribution in [0, 0.1) is 17.8 Å². The number of ether oxygens (including phenoxy) is 4. The molecule has 85 heavy (non-hydrogen) atoms. The highest BCUT2D eigenvalue weighted by molar-refractivity contribution is 7.47. The van der Waals surface area contributed by atoms with E-state index in [0.29, 0.717) is 31.6 Å². The summed E-state index contributed by atoms with van der Waals surface area (Å²) in [6, 6.07) is 0. The number of rotatable bonds is 64. The molecular weight excluding hydrogens is 1130 g/mol. The highest BCUT2D eigenvalue weighted by Crippen LogP contribution is 2.45. The third kappa shape index (κ3) is 59.5. The van der Waals surface area contributed by atoms with E-state index in [2.05, 4.69) is 48.5 Å². The maximum Gasteiger partial charge on any atom is 0.472 e. The monoisotopic (exact) mass is 1250 g/mol. The standard InChI is InChI=1S/C66H128O17P2/c1-8-10-11-12-13-14-18-26-33-40-47-63(68)76-54-62(83-66(71)50-43-36-29-22-24-31-38-45-58(5)6)56-81-85(74,75)79-52-60(67)51-78-84(72,73)80-55-61(53-77-64(69)48-41-34-27-21-20-25-32-39-46-59(7)9-2)82-65(70)49-42-35-28-19-16-15-17-23-30-37-44-57(3)4/h57-62,67H,8-56H2,1-7H3,(H,72,73)(H,74,75)/t59?,60-,61-,62-/m1/s1. The molecule has 0 bridgehead atoms. The third-order valence-electron chi connectivity index (χ3n) is 15.5. The van der Waals surface area contributed by atoms with Crippen molar-refractivity contribution < 1.29 is 80.2 Å². The number of aliphatic hydroxyl groups is 1. The Morgan fingerprint density at radius 2 is 0.600 bits per heavy atom. The van der Waals surface area contributed by atoms with Gasteiger partial charge in [0.15, 0.2) is 12.2 Å². The number of phosphoric acid groups is 2. The number of unbranched alkanes of at least 4 members (excludes halogenated alkanes) is 31. The molecule has 17 nitrogen and oxygen atoms in total. The first kappa shape index (κ1) is 83.1. The minimum absolute atomic E-state index is 0.103. The van der Waals surface area contributed by atoms with Crippen LogP contribution < -0.4 is 0 Å². The molecule has 0 radical (unpaired) electrons. The Hall–Kier alpha value is -1.94. The zero-order chi connectivity index (χ0) is 63.1. The zero-order valence-corrected chi connectivity index (χ0v) is 56.9. The maximum absolute atomic E-state index is 13.0. The molecular formula is C66H128O17P2. The van der Waals surface area contributed by atoms with Gasteiger partial charge >= 0.3 is 39.5 Å². The van der Waals surface area contributed by atoms with Crippen LogP contribution in [0.25, 0.3) is 0 Å². The fourth-order valence-corrected chi connectivity index (χ4v) is 11.4. The lowest BCUT2D eigenvalue weighted by atomic mass is 9.99. The van der Waals surface area contributed by atoms with Gasteiger partial charge in [-0.2, -0.15) is 0 Å². The first-order chi connectivity index (χ1) is 40.8. The topological polar surface area (TPSA) is 237 Å². The number of phosphoric ester groups is 2. The quantitative estimate of drug-likeness (QED) is 0.0222. The van der Waals surface area contributed by atoms with E-state index in [1.807, 2.05) is 0 Å². The van der Waals surface area contributed by atoms with Crippen LogP contribution in [0.15, 0.2) is 0 Å².